The van der Waals surface area contributed by atoms with Crippen molar-refractivity contribution in [3.05, 3.63) is 82.9 Å². The van der Waals surface area contributed by atoms with Crippen molar-refractivity contribution in [1.29, 1.82) is 0 Å². The monoisotopic (exact) mass is 392 g/mol. The minimum absolute atomic E-state index is 0.147. The Hall–Kier alpha value is -3.87. The molecular weight excluding hydrogens is 372 g/mol. The Bertz CT molecular complexity index is 1000. The Balaban J connectivity index is 1.68. The number of carbonyl (C=O) groups excluding carboxylic acids is 1. The van der Waals surface area contributed by atoms with E-state index in [1.54, 1.807) is 19.1 Å². The van der Waals surface area contributed by atoms with Crippen molar-refractivity contribution in [3.8, 4) is 22.6 Å². The van der Waals surface area contributed by atoms with Gasteiger partial charge in [0.15, 0.2) is 6.10 Å². The van der Waals surface area contributed by atoms with Gasteiger partial charge in [-0.1, -0.05) is 42.5 Å². The molecule has 29 heavy (non-hydrogen) atoms. The van der Waals surface area contributed by atoms with Crippen molar-refractivity contribution in [1.82, 2.24) is 0 Å². The quantitative estimate of drug-likeness (QED) is 0.466. The van der Waals surface area contributed by atoms with Gasteiger partial charge in [-0.3, -0.25) is 14.9 Å². The number of hydrogen-bond acceptors (Lipinski definition) is 5. The topological polar surface area (TPSA) is 90.7 Å². The summed E-state index contributed by atoms with van der Waals surface area (Å²) in [4.78, 5) is 22.9. The van der Waals surface area contributed by atoms with E-state index in [9.17, 15) is 14.9 Å². The maximum Gasteiger partial charge on any atom is 0.271 e. The number of nitro groups is 1. The molecule has 148 valence electrons. The van der Waals surface area contributed by atoms with Crippen LogP contribution in [0.5, 0.6) is 11.5 Å². The molecule has 3 aromatic rings. The molecule has 3 rings (SSSR count). The Labute approximate surface area is 168 Å². The predicted octanol–water partition coefficient (Wildman–Crippen LogP) is 4.68. The zero-order valence-corrected chi connectivity index (χ0v) is 16.0. The van der Waals surface area contributed by atoms with Crippen LogP contribution in [0, 0.1) is 10.1 Å². The summed E-state index contributed by atoms with van der Waals surface area (Å²) < 4.78 is 10.9. The van der Waals surface area contributed by atoms with Crippen molar-refractivity contribution >= 4 is 17.3 Å². The first-order valence-corrected chi connectivity index (χ1v) is 8.93. The molecule has 0 saturated heterocycles. The van der Waals surface area contributed by atoms with Crippen LogP contribution < -0.4 is 14.8 Å². The maximum atomic E-state index is 12.5. The van der Waals surface area contributed by atoms with Crippen LogP contribution in [-0.2, 0) is 4.79 Å². The standard InChI is InChI=1S/C22H20N2O5/c1-15(22(25)23-20-14-18(24(26)27)10-13-21(20)28-2)29-19-11-8-17(9-12-19)16-6-4-3-5-7-16/h3-15H,1-2H3,(H,23,25)/t15-/m0/s1. The lowest BCUT2D eigenvalue weighted by Crippen LogP contribution is -2.30. The molecule has 1 atom stereocenters. The lowest BCUT2D eigenvalue weighted by molar-refractivity contribution is -0.384. The van der Waals surface area contributed by atoms with E-state index in [0.717, 1.165) is 11.1 Å². The maximum absolute atomic E-state index is 12.5. The van der Waals surface area contributed by atoms with Crippen molar-refractivity contribution in [2.45, 2.75) is 13.0 Å². The molecule has 0 aliphatic heterocycles. The van der Waals surface area contributed by atoms with E-state index in [0.29, 0.717) is 11.5 Å². The highest BCUT2D eigenvalue weighted by Gasteiger charge is 2.19. The van der Waals surface area contributed by atoms with Crippen LogP contribution in [0.2, 0.25) is 0 Å². The highest BCUT2D eigenvalue weighted by molar-refractivity contribution is 5.95. The fraction of sp³-hybridized carbons (Fsp3) is 0.136. The minimum atomic E-state index is -0.818. The van der Waals surface area contributed by atoms with E-state index in [-0.39, 0.29) is 11.4 Å². The minimum Gasteiger partial charge on any atom is -0.495 e. The Morgan fingerprint density at radius 2 is 1.66 bits per heavy atom. The number of methoxy groups -OCH3 is 1. The molecule has 0 saturated carbocycles. The molecule has 0 radical (unpaired) electrons. The van der Waals surface area contributed by atoms with Crippen LogP contribution in [0.4, 0.5) is 11.4 Å². The number of nitrogens with zero attached hydrogens (tertiary/aromatic N) is 1. The lowest BCUT2D eigenvalue weighted by Gasteiger charge is -2.16. The van der Waals surface area contributed by atoms with Gasteiger partial charge in [0.2, 0.25) is 0 Å². The number of amides is 1. The third-order valence-electron chi connectivity index (χ3n) is 4.30. The summed E-state index contributed by atoms with van der Waals surface area (Å²) in [5.74, 6) is 0.414. The van der Waals surface area contributed by atoms with Crippen molar-refractivity contribution < 1.29 is 19.2 Å². The summed E-state index contributed by atoms with van der Waals surface area (Å²) in [5.41, 5.74) is 2.19. The van der Waals surface area contributed by atoms with E-state index in [1.807, 2.05) is 42.5 Å². The van der Waals surface area contributed by atoms with Gasteiger partial charge in [0.05, 0.1) is 17.7 Å². The third kappa shape index (κ3) is 4.90. The van der Waals surface area contributed by atoms with Gasteiger partial charge in [0, 0.05) is 12.1 Å². The first-order valence-electron chi connectivity index (χ1n) is 8.93. The van der Waals surface area contributed by atoms with Gasteiger partial charge in [-0.2, -0.15) is 0 Å². The zero-order valence-electron chi connectivity index (χ0n) is 16.0. The van der Waals surface area contributed by atoms with Gasteiger partial charge in [0.25, 0.3) is 11.6 Å². The van der Waals surface area contributed by atoms with Crippen molar-refractivity contribution in [2.75, 3.05) is 12.4 Å². The zero-order chi connectivity index (χ0) is 20.8. The van der Waals surface area contributed by atoms with Gasteiger partial charge in [-0.15, -0.1) is 0 Å². The van der Waals surface area contributed by atoms with Gasteiger partial charge in [-0.05, 0) is 36.2 Å². The number of hydrogen-bond donors (Lipinski definition) is 1. The SMILES string of the molecule is COc1ccc([N+](=O)[O-])cc1NC(=O)[C@H](C)Oc1ccc(-c2ccccc2)cc1. The van der Waals surface area contributed by atoms with Gasteiger partial charge in [0.1, 0.15) is 11.5 Å². The van der Waals surface area contributed by atoms with Crippen LogP contribution in [-0.4, -0.2) is 24.0 Å². The lowest BCUT2D eigenvalue weighted by atomic mass is 10.1. The molecule has 7 heteroatoms. The van der Waals surface area contributed by atoms with Gasteiger partial charge < -0.3 is 14.8 Å². The fourth-order valence-electron chi connectivity index (χ4n) is 2.76. The summed E-state index contributed by atoms with van der Waals surface area (Å²) in [6, 6.07) is 21.3. The molecule has 0 aliphatic rings. The van der Waals surface area contributed by atoms with Crippen LogP contribution in [0.1, 0.15) is 6.92 Å². The summed E-state index contributed by atoms with van der Waals surface area (Å²) in [5, 5.41) is 13.6. The van der Waals surface area contributed by atoms with E-state index in [1.165, 1.54) is 25.3 Å². The van der Waals surface area contributed by atoms with Gasteiger partial charge >= 0.3 is 0 Å². The number of non-ortho nitro benzene ring substituents is 1. The molecule has 1 amide bonds. The number of ether oxygens (including phenoxy) is 2. The van der Waals surface area contributed by atoms with E-state index < -0.39 is 16.9 Å². The molecule has 3 aromatic carbocycles. The Morgan fingerprint density at radius 1 is 1.00 bits per heavy atom. The highest BCUT2D eigenvalue weighted by atomic mass is 16.6. The summed E-state index contributed by atoms with van der Waals surface area (Å²) in [7, 11) is 1.42. The molecular formula is C22H20N2O5. The fourth-order valence-corrected chi connectivity index (χ4v) is 2.76. The second kappa shape index (κ2) is 8.88. The Kier molecular flexibility index (Phi) is 6.09. The molecule has 0 aliphatic carbocycles. The second-order valence-electron chi connectivity index (χ2n) is 6.28. The number of benzene rings is 3. The summed E-state index contributed by atoms with van der Waals surface area (Å²) >= 11 is 0. The molecule has 1 N–H and O–H groups in total. The summed E-state index contributed by atoms with van der Waals surface area (Å²) in [6.07, 6.45) is -0.818. The average Bonchev–Trinajstić information content (AvgIpc) is 2.74. The van der Waals surface area contributed by atoms with E-state index in [4.69, 9.17) is 9.47 Å². The molecule has 0 heterocycles. The van der Waals surface area contributed by atoms with Crippen molar-refractivity contribution in [2.24, 2.45) is 0 Å². The van der Waals surface area contributed by atoms with Crippen LogP contribution in [0.25, 0.3) is 11.1 Å². The highest BCUT2D eigenvalue weighted by Crippen LogP contribution is 2.29. The molecule has 0 aromatic heterocycles. The largest absolute Gasteiger partial charge is 0.495 e. The third-order valence-corrected chi connectivity index (χ3v) is 4.30. The van der Waals surface area contributed by atoms with Crippen LogP contribution in [0.15, 0.2) is 72.8 Å². The van der Waals surface area contributed by atoms with Gasteiger partial charge in [-0.25, -0.2) is 0 Å². The molecule has 0 bridgehead atoms. The number of nitro benzene ring substituents is 1. The normalized spacial score (nSPS) is 11.4. The number of nitrogens with one attached hydrogen (secondary N) is 1. The van der Waals surface area contributed by atoms with Crippen LogP contribution >= 0.6 is 0 Å². The predicted molar refractivity (Wildman–Crippen MR) is 110 cm³/mol. The number of rotatable bonds is 7. The Morgan fingerprint density at radius 3 is 2.28 bits per heavy atom. The molecule has 7 nitrogen and oxygen atoms in total. The smallest absolute Gasteiger partial charge is 0.271 e. The molecule has 0 fully saturated rings. The number of anilines is 1. The van der Waals surface area contributed by atoms with Crippen molar-refractivity contribution in [3.63, 3.8) is 0 Å². The average molecular weight is 392 g/mol. The van der Waals surface area contributed by atoms with E-state index in [2.05, 4.69) is 5.32 Å². The first-order chi connectivity index (χ1) is 14.0. The molecule has 0 spiro atoms. The summed E-state index contributed by atoms with van der Waals surface area (Å²) in [6.45, 7) is 1.60. The number of carbonyl (C=O) groups is 1. The second-order valence-corrected chi connectivity index (χ2v) is 6.28. The first kappa shape index (κ1) is 19.9. The van der Waals surface area contributed by atoms with E-state index >= 15 is 0 Å². The van der Waals surface area contributed by atoms with Crippen LogP contribution in [0.3, 0.4) is 0 Å². The molecule has 0 unspecified atom stereocenters.